The summed E-state index contributed by atoms with van der Waals surface area (Å²) >= 11 is 0. The van der Waals surface area contributed by atoms with Crippen molar-refractivity contribution in [2.24, 2.45) is 0 Å². The summed E-state index contributed by atoms with van der Waals surface area (Å²) in [6, 6.07) is 7.09. The molecule has 1 aliphatic rings. The molecule has 0 spiro atoms. The second kappa shape index (κ2) is 4.49. The monoisotopic (exact) mass is 231 g/mol. The third-order valence-corrected chi connectivity index (χ3v) is 2.83. The molecule has 17 heavy (non-hydrogen) atoms. The Morgan fingerprint density at radius 3 is 2.18 bits per heavy atom. The molecule has 1 saturated heterocycles. The Kier molecular flexibility index (Phi) is 3.04. The van der Waals surface area contributed by atoms with Gasteiger partial charge in [0.05, 0.1) is 6.54 Å². The highest BCUT2D eigenvalue weighted by Crippen LogP contribution is 2.13. The minimum absolute atomic E-state index is 0.138. The number of likely N-dealkylation sites (tertiary alicyclic amines) is 1. The second-order valence-electron chi connectivity index (χ2n) is 4.16. The Hall–Kier alpha value is -1.97. The van der Waals surface area contributed by atoms with E-state index in [1.165, 1.54) is 0 Å². The lowest BCUT2D eigenvalue weighted by molar-refractivity contribution is -0.137. The van der Waals surface area contributed by atoms with E-state index in [-0.39, 0.29) is 37.0 Å². The van der Waals surface area contributed by atoms with Gasteiger partial charge in [0.2, 0.25) is 11.8 Å². The first-order valence-corrected chi connectivity index (χ1v) is 5.51. The van der Waals surface area contributed by atoms with Crippen molar-refractivity contribution in [3.8, 4) is 0 Å². The van der Waals surface area contributed by atoms with E-state index in [0.717, 1.165) is 10.5 Å². The van der Waals surface area contributed by atoms with Gasteiger partial charge in [0.25, 0.3) is 0 Å². The molecule has 88 valence electrons. The highest BCUT2D eigenvalue weighted by atomic mass is 16.2. The zero-order chi connectivity index (χ0) is 12.4. The van der Waals surface area contributed by atoms with E-state index in [1.807, 2.05) is 19.1 Å². The maximum absolute atomic E-state index is 11.9. The van der Waals surface area contributed by atoms with E-state index in [2.05, 4.69) is 0 Å². The summed E-state index contributed by atoms with van der Waals surface area (Å²) in [5.74, 6) is -0.709. The van der Waals surface area contributed by atoms with Crippen LogP contribution in [0.25, 0.3) is 0 Å². The van der Waals surface area contributed by atoms with Gasteiger partial charge in [0.15, 0.2) is 5.78 Å². The molecule has 1 heterocycles. The summed E-state index contributed by atoms with van der Waals surface area (Å²) in [6.07, 6.45) is 0.444. The van der Waals surface area contributed by atoms with Crippen LogP contribution in [0.4, 0.5) is 0 Å². The number of rotatable bonds is 3. The number of carbonyl (C=O) groups excluding carboxylic acids is 3. The third-order valence-electron chi connectivity index (χ3n) is 2.83. The highest BCUT2D eigenvalue weighted by Gasteiger charge is 2.30. The zero-order valence-electron chi connectivity index (χ0n) is 9.60. The lowest BCUT2D eigenvalue weighted by Crippen LogP contribution is -2.34. The predicted molar refractivity (Wildman–Crippen MR) is 61.5 cm³/mol. The molecule has 0 atom stereocenters. The van der Waals surface area contributed by atoms with E-state index in [4.69, 9.17) is 0 Å². The minimum atomic E-state index is -0.254. The smallest absolute Gasteiger partial charge is 0.230 e. The number of nitrogens with zero attached hydrogens (tertiary/aromatic N) is 1. The lowest BCUT2D eigenvalue weighted by atomic mass is 10.1. The summed E-state index contributed by atoms with van der Waals surface area (Å²) in [5, 5.41) is 0. The minimum Gasteiger partial charge on any atom is -0.292 e. The van der Waals surface area contributed by atoms with E-state index in [9.17, 15) is 14.4 Å². The van der Waals surface area contributed by atoms with Crippen LogP contribution in [-0.4, -0.2) is 29.0 Å². The van der Waals surface area contributed by atoms with Gasteiger partial charge < -0.3 is 0 Å². The summed E-state index contributed by atoms with van der Waals surface area (Å²) in [5.41, 5.74) is 1.60. The van der Waals surface area contributed by atoms with Crippen LogP contribution in [0.5, 0.6) is 0 Å². The average molecular weight is 231 g/mol. The van der Waals surface area contributed by atoms with Gasteiger partial charge in [-0.25, -0.2) is 0 Å². The fraction of sp³-hybridized carbons (Fsp3) is 0.308. The van der Waals surface area contributed by atoms with Crippen molar-refractivity contribution in [2.45, 2.75) is 19.8 Å². The molecule has 4 heteroatoms. The molecule has 0 unspecified atom stereocenters. The highest BCUT2D eigenvalue weighted by molar-refractivity contribution is 6.07. The van der Waals surface area contributed by atoms with Crippen molar-refractivity contribution in [1.82, 2.24) is 4.90 Å². The Labute approximate surface area is 99.2 Å². The largest absolute Gasteiger partial charge is 0.292 e. The molecule has 0 saturated carbocycles. The number of amides is 2. The first-order chi connectivity index (χ1) is 8.08. The van der Waals surface area contributed by atoms with E-state index in [0.29, 0.717) is 5.56 Å². The molecular formula is C13H13NO3. The van der Waals surface area contributed by atoms with Crippen molar-refractivity contribution >= 4 is 17.6 Å². The first-order valence-electron chi connectivity index (χ1n) is 5.51. The van der Waals surface area contributed by atoms with Crippen LogP contribution in [0.2, 0.25) is 0 Å². The fourth-order valence-corrected chi connectivity index (χ4v) is 1.77. The standard InChI is InChI=1S/C13H13NO3/c1-9-2-4-10(5-3-9)11(15)8-14-12(16)6-7-13(14)17/h2-5H,6-8H2,1H3. The van der Waals surface area contributed by atoms with Crippen LogP contribution in [0.1, 0.15) is 28.8 Å². The van der Waals surface area contributed by atoms with E-state index < -0.39 is 0 Å². The number of ketones is 1. The van der Waals surface area contributed by atoms with Gasteiger partial charge in [-0.15, -0.1) is 0 Å². The van der Waals surface area contributed by atoms with Crippen LogP contribution in [0.15, 0.2) is 24.3 Å². The van der Waals surface area contributed by atoms with Gasteiger partial charge in [-0.1, -0.05) is 29.8 Å². The van der Waals surface area contributed by atoms with Crippen LogP contribution < -0.4 is 0 Å². The number of aryl methyl sites for hydroxylation is 1. The molecule has 4 nitrogen and oxygen atoms in total. The fourth-order valence-electron chi connectivity index (χ4n) is 1.77. The molecule has 0 aromatic heterocycles. The van der Waals surface area contributed by atoms with Crippen molar-refractivity contribution in [3.05, 3.63) is 35.4 Å². The Morgan fingerprint density at radius 1 is 1.12 bits per heavy atom. The maximum atomic E-state index is 11.9. The van der Waals surface area contributed by atoms with Crippen LogP contribution in [0.3, 0.4) is 0 Å². The van der Waals surface area contributed by atoms with Gasteiger partial charge in [0, 0.05) is 18.4 Å². The second-order valence-corrected chi connectivity index (χ2v) is 4.16. The molecular weight excluding hydrogens is 218 g/mol. The molecule has 1 fully saturated rings. The summed E-state index contributed by atoms with van der Waals surface area (Å²) < 4.78 is 0. The van der Waals surface area contributed by atoms with Gasteiger partial charge in [-0.3, -0.25) is 19.3 Å². The van der Waals surface area contributed by atoms with Crippen molar-refractivity contribution < 1.29 is 14.4 Å². The zero-order valence-corrected chi connectivity index (χ0v) is 9.60. The van der Waals surface area contributed by atoms with Gasteiger partial charge >= 0.3 is 0 Å². The maximum Gasteiger partial charge on any atom is 0.230 e. The summed E-state index contributed by atoms with van der Waals surface area (Å²) in [6.45, 7) is 1.79. The number of imide groups is 1. The molecule has 0 N–H and O–H groups in total. The topological polar surface area (TPSA) is 54.5 Å². The molecule has 0 bridgehead atoms. The predicted octanol–water partition coefficient (Wildman–Crippen LogP) is 1.33. The lowest BCUT2D eigenvalue weighted by Gasteiger charge is -2.12. The summed E-state index contributed by atoms with van der Waals surface area (Å²) in [4.78, 5) is 35.6. The Bertz CT molecular complexity index is 460. The first kappa shape index (κ1) is 11.5. The molecule has 1 aliphatic heterocycles. The Balaban J connectivity index is 2.09. The SMILES string of the molecule is Cc1ccc(C(=O)CN2C(=O)CCC2=O)cc1. The van der Waals surface area contributed by atoms with Gasteiger partial charge in [-0.05, 0) is 6.92 Å². The van der Waals surface area contributed by atoms with Crippen molar-refractivity contribution in [2.75, 3.05) is 6.54 Å². The van der Waals surface area contributed by atoms with Crippen LogP contribution in [-0.2, 0) is 9.59 Å². The van der Waals surface area contributed by atoms with Crippen LogP contribution >= 0.6 is 0 Å². The van der Waals surface area contributed by atoms with E-state index in [1.54, 1.807) is 12.1 Å². The normalized spacial score (nSPS) is 15.5. The summed E-state index contributed by atoms with van der Waals surface area (Å²) in [7, 11) is 0. The Morgan fingerprint density at radius 2 is 1.65 bits per heavy atom. The number of hydrogen-bond acceptors (Lipinski definition) is 3. The van der Waals surface area contributed by atoms with Crippen molar-refractivity contribution in [3.63, 3.8) is 0 Å². The molecule has 2 rings (SSSR count). The number of hydrogen-bond donors (Lipinski definition) is 0. The van der Waals surface area contributed by atoms with E-state index >= 15 is 0 Å². The quantitative estimate of drug-likeness (QED) is 0.582. The third kappa shape index (κ3) is 2.41. The number of Topliss-reactive ketones (excluding diaryl/α,β-unsaturated/α-hetero) is 1. The van der Waals surface area contributed by atoms with Crippen molar-refractivity contribution in [1.29, 1.82) is 0 Å². The molecule has 1 aromatic carbocycles. The molecule has 0 aliphatic carbocycles. The molecule has 0 radical (unpaired) electrons. The number of benzene rings is 1. The van der Waals surface area contributed by atoms with Gasteiger partial charge in [-0.2, -0.15) is 0 Å². The molecule has 2 amide bonds. The average Bonchev–Trinajstić information content (AvgIpc) is 2.61. The van der Waals surface area contributed by atoms with Crippen LogP contribution in [0, 0.1) is 6.92 Å². The number of carbonyl (C=O) groups is 3. The van der Waals surface area contributed by atoms with Gasteiger partial charge in [0.1, 0.15) is 0 Å². The molecule has 1 aromatic rings.